The Balaban J connectivity index is 1.66. The molecule has 156 valence electrons. The lowest BCUT2D eigenvalue weighted by molar-refractivity contribution is 0.0606. The molecule has 3 rings (SSSR count). The summed E-state index contributed by atoms with van der Waals surface area (Å²) in [6, 6.07) is 7.68. The first-order valence-corrected chi connectivity index (χ1v) is 12.5. The molecular formula is C17H18N2O7S3. The van der Waals surface area contributed by atoms with Crippen molar-refractivity contribution >= 4 is 48.1 Å². The standard InChI is InChI=1S/C17H18N2O7S3/c1-26-17(21)14-6-7-15(27-14)18-16(20)11-2-4-13(5-3-11)29(24,25)19-12-8-9-28(22,23)10-12/h2-7,12,19H,8-10H2,1H3,(H,18,20). The number of sulfonamides is 1. The molecule has 2 heterocycles. The second kappa shape index (κ2) is 8.22. The Morgan fingerprint density at radius 1 is 1.14 bits per heavy atom. The van der Waals surface area contributed by atoms with Crippen LogP contribution in [0.1, 0.15) is 26.5 Å². The molecular weight excluding hydrogens is 440 g/mol. The predicted octanol–water partition coefficient (Wildman–Crippen LogP) is 1.25. The lowest BCUT2D eigenvalue weighted by Crippen LogP contribution is -2.35. The molecule has 0 radical (unpaired) electrons. The van der Waals surface area contributed by atoms with Crippen LogP contribution < -0.4 is 10.0 Å². The molecule has 12 heteroatoms. The fourth-order valence-corrected chi connectivity index (χ4v) is 6.63. The van der Waals surface area contributed by atoms with Crippen molar-refractivity contribution in [2.24, 2.45) is 0 Å². The number of amides is 1. The van der Waals surface area contributed by atoms with Crippen molar-refractivity contribution in [3.05, 3.63) is 46.8 Å². The second-order valence-electron chi connectivity index (χ2n) is 6.36. The number of thiophene rings is 1. The molecule has 1 atom stereocenters. The number of carbonyl (C=O) groups is 2. The Morgan fingerprint density at radius 2 is 1.83 bits per heavy atom. The van der Waals surface area contributed by atoms with Crippen LogP contribution in [0.5, 0.6) is 0 Å². The third-order valence-electron chi connectivity index (χ3n) is 4.21. The Morgan fingerprint density at radius 3 is 2.41 bits per heavy atom. The van der Waals surface area contributed by atoms with E-state index in [2.05, 4.69) is 14.8 Å². The van der Waals surface area contributed by atoms with Crippen LogP contribution in [0.3, 0.4) is 0 Å². The molecule has 29 heavy (non-hydrogen) atoms. The molecule has 1 fully saturated rings. The first-order chi connectivity index (χ1) is 13.6. The third kappa shape index (κ3) is 5.21. The summed E-state index contributed by atoms with van der Waals surface area (Å²) in [7, 11) is -5.85. The fourth-order valence-electron chi connectivity index (χ4n) is 2.76. The van der Waals surface area contributed by atoms with Crippen LogP contribution in [0.25, 0.3) is 0 Å². The molecule has 1 aliphatic rings. The highest BCUT2D eigenvalue weighted by Crippen LogP contribution is 2.23. The average Bonchev–Trinajstić information content (AvgIpc) is 3.26. The predicted molar refractivity (Wildman–Crippen MR) is 107 cm³/mol. The quantitative estimate of drug-likeness (QED) is 0.622. The zero-order chi connectivity index (χ0) is 21.2. The lowest BCUT2D eigenvalue weighted by atomic mass is 10.2. The molecule has 0 saturated carbocycles. The van der Waals surface area contributed by atoms with Gasteiger partial charge in [-0.3, -0.25) is 4.79 Å². The van der Waals surface area contributed by atoms with Gasteiger partial charge in [-0.2, -0.15) is 0 Å². The summed E-state index contributed by atoms with van der Waals surface area (Å²) in [6.45, 7) is 0. The largest absolute Gasteiger partial charge is 0.465 e. The summed E-state index contributed by atoms with van der Waals surface area (Å²) in [5.41, 5.74) is 0.223. The van der Waals surface area contributed by atoms with E-state index in [0.29, 0.717) is 9.88 Å². The number of nitrogens with one attached hydrogen (secondary N) is 2. The van der Waals surface area contributed by atoms with Gasteiger partial charge in [0.05, 0.1) is 28.5 Å². The molecule has 1 aromatic carbocycles. The van der Waals surface area contributed by atoms with Crippen molar-refractivity contribution in [2.45, 2.75) is 17.4 Å². The van der Waals surface area contributed by atoms with Crippen molar-refractivity contribution in [3.8, 4) is 0 Å². The number of rotatable bonds is 6. The fraction of sp³-hybridized carbons (Fsp3) is 0.294. The van der Waals surface area contributed by atoms with E-state index in [0.717, 1.165) is 11.3 Å². The summed E-state index contributed by atoms with van der Waals surface area (Å²) >= 11 is 1.05. The highest BCUT2D eigenvalue weighted by Gasteiger charge is 2.31. The van der Waals surface area contributed by atoms with E-state index in [-0.39, 0.29) is 28.4 Å². The summed E-state index contributed by atoms with van der Waals surface area (Å²) in [4.78, 5) is 24.0. The monoisotopic (exact) mass is 458 g/mol. The van der Waals surface area contributed by atoms with Gasteiger partial charge in [0, 0.05) is 11.6 Å². The van der Waals surface area contributed by atoms with Crippen molar-refractivity contribution in [2.75, 3.05) is 23.9 Å². The first kappa shape index (κ1) is 21.4. The average molecular weight is 459 g/mol. The van der Waals surface area contributed by atoms with Crippen molar-refractivity contribution in [3.63, 3.8) is 0 Å². The maximum Gasteiger partial charge on any atom is 0.348 e. The molecule has 2 N–H and O–H groups in total. The summed E-state index contributed by atoms with van der Waals surface area (Å²) in [5.74, 6) is -1.24. The molecule has 1 unspecified atom stereocenters. The van der Waals surface area contributed by atoms with E-state index < -0.39 is 37.8 Å². The number of benzene rings is 1. The number of ether oxygens (including phenoxy) is 1. The van der Waals surface area contributed by atoms with E-state index in [1.54, 1.807) is 6.07 Å². The highest BCUT2D eigenvalue weighted by molar-refractivity contribution is 7.92. The first-order valence-electron chi connectivity index (χ1n) is 8.42. The SMILES string of the molecule is COC(=O)c1ccc(NC(=O)c2ccc(S(=O)(=O)NC3CCS(=O)(=O)C3)cc2)s1. The molecule has 0 aliphatic carbocycles. The van der Waals surface area contributed by atoms with Crippen LogP contribution in [0.4, 0.5) is 5.00 Å². The van der Waals surface area contributed by atoms with E-state index in [1.807, 2.05) is 0 Å². The summed E-state index contributed by atoms with van der Waals surface area (Å²) < 4.78 is 54.8. The second-order valence-corrected chi connectivity index (χ2v) is 11.4. The van der Waals surface area contributed by atoms with Crippen LogP contribution >= 0.6 is 11.3 Å². The van der Waals surface area contributed by atoms with Crippen molar-refractivity contribution in [1.82, 2.24) is 4.72 Å². The Hall–Kier alpha value is -2.28. The van der Waals surface area contributed by atoms with Gasteiger partial charge in [-0.25, -0.2) is 26.4 Å². The van der Waals surface area contributed by atoms with Gasteiger partial charge in [0.15, 0.2) is 9.84 Å². The van der Waals surface area contributed by atoms with Gasteiger partial charge >= 0.3 is 5.97 Å². The maximum atomic E-state index is 12.4. The number of carbonyl (C=O) groups excluding carboxylic acids is 2. The number of esters is 1. The van der Waals surface area contributed by atoms with E-state index >= 15 is 0 Å². The third-order valence-corrected chi connectivity index (χ3v) is 8.50. The number of anilines is 1. The number of hydrogen-bond donors (Lipinski definition) is 2. The highest BCUT2D eigenvalue weighted by atomic mass is 32.2. The lowest BCUT2D eigenvalue weighted by Gasteiger charge is -2.12. The maximum absolute atomic E-state index is 12.4. The van der Waals surface area contributed by atoms with E-state index in [4.69, 9.17) is 0 Å². The van der Waals surface area contributed by atoms with Gasteiger partial charge in [0.1, 0.15) is 4.88 Å². The van der Waals surface area contributed by atoms with Gasteiger partial charge in [-0.15, -0.1) is 11.3 Å². The zero-order valence-corrected chi connectivity index (χ0v) is 17.7. The molecule has 1 aliphatic heterocycles. The van der Waals surface area contributed by atoms with Crippen LogP contribution in [0.2, 0.25) is 0 Å². The van der Waals surface area contributed by atoms with Crippen LogP contribution in [-0.2, 0) is 24.6 Å². The van der Waals surface area contributed by atoms with Crippen molar-refractivity contribution < 1.29 is 31.2 Å². The molecule has 2 aromatic rings. The number of methoxy groups -OCH3 is 1. The van der Waals surface area contributed by atoms with Crippen LogP contribution in [-0.4, -0.2) is 53.4 Å². The molecule has 9 nitrogen and oxygen atoms in total. The van der Waals surface area contributed by atoms with Crippen LogP contribution in [0.15, 0.2) is 41.3 Å². The molecule has 1 aromatic heterocycles. The van der Waals surface area contributed by atoms with Gasteiger partial charge < -0.3 is 10.1 Å². The van der Waals surface area contributed by atoms with Gasteiger partial charge in [-0.05, 0) is 42.8 Å². The van der Waals surface area contributed by atoms with Gasteiger partial charge in [0.25, 0.3) is 5.91 Å². The Kier molecular flexibility index (Phi) is 6.08. The topological polar surface area (TPSA) is 136 Å². The summed E-state index contributed by atoms with van der Waals surface area (Å²) in [5, 5.41) is 3.06. The number of hydrogen-bond acceptors (Lipinski definition) is 8. The zero-order valence-electron chi connectivity index (χ0n) is 15.2. The summed E-state index contributed by atoms with van der Waals surface area (Å²) in [6.07, 6.45) is 0.233. The molecule has 0 spiro atoms. The van der Waals surface area contributed by atoms with Crippen molar-refractivity contribution in [1.29, 1.82) is 0 Å². The Labute approximate surface area is 172 Å². The van der Waals surface area contributed by atoms with Gasteiger partial charge in [-0.1, -0.05) is 0 Å². The van der Waals surface area contributed by atoms with E-state index in [1.165, 1.54) is 37.4 Å². The smallest absolute Gasteiger partial charge is 0.348 e. The molecule has 1 saturated heterocycles. The minimum absolute atomic E-state index is 0.0420. The minimum Gasteiger partial charge on any atom is -0.465 e. The normalized spacial score (nSPS) is 18.3. The van der Waals surface area contributed by atoms with Crippen LogP contribution in [0, 0.1) is 0 Å². The minimum atomic E-state index is -3.90. The van der Waals surface area contributed by atoms with E-state index in [9.17, 15) is 26.4 Å². The van der Waals surface area contributed by atoms with Gasteiger partial charge in [0.2, 0.25) is 10.0 Å². The number of sulfone groups is 1. The molecule has 0 bridgehead atoms. The molecule has 1 amide bonds. The Bertz CT molecular complexity index is 1140.